The average Bonchev–Trinajstić information content (AvgIpc) is 2.68. The van der Waals surface area contributed by atoms with Gasteiger partial charge in [-0.15, -0.1) is 0 Å². The van der Waals surface area contributed by atoms with Gasteiger partial charge in [-0.05, 0) is 12.1 Å². The van der Waals surface area contributed by atoms with Crippen LogP contribution in [0, 0.1) is 22.7 Å². The molecule has 1 aliphatic rings. The van der Waals surface area contributed by atoms with E-state index in [-0.39, 0.29) is 11.5 Å². The van der Waals surface area contributed by atoms with E-state index in [1.165, 1.54) is 4.90 Å². The number of nitriles is 2. The van der Waals surface area contributed by atoms with Gasteiger partial charge in [0.05, 0.1) is 0 Å². The van der Waals surface area contributed by atoms with E-state index >= 15 is 0 Å². The molecule has 1 aromatic carbocycles. The van der Waals surface area contributed by atoms with Crippen molar-refractivity contribution in [2.24, 2.45) is 0 Å². The average molecular weight is 320 g/mol. The fourth-order valence-electron chi connectivity index (χ4n) is 1.52. The SMILES string of the molecule is N#CC(C#N)=C1SC(Br)C(=O)N1c1ccccc1. The lowest BCUT2D eigenvalue weighted by Gasteiger charge is -2.16. The maximum absolute atomic E-state index is 12.1. The third-order valence-corrected chi connectivity index (χ3v) is 4.26. The molecule has 1 fully saturated rings. The van der Waals surface area contributed by atoms with Crippen LogP contribution in [-0.2, 0) is 4.79 Å². The fourth-order valence-corrected chi connectivity index (χ4v) is 3.16. The highest BCUT2D eigenvalue weighted by molar-refractivity contribution is 9.11. The molecule has 1 aromatic rings. The standard InChI is InChI=1S/C12H6BrN3OS/c13-10-11(17)16(9-4-2-1-3-5-9)12(18-10)8(6-14)7-15/h1-5,10H. The quantitative estimate of drug-likeness (QED) is 0.589. The number of carbonyl (C=O) groups is 1. The number of alkyl halides is 1. The van der Waals surface area contributed by atoms with Crippen molar-refractivity contribution >= 4 is 39.3 Å². The molecule has 88 valence electrons. The number of nitrogens with zero attached hydrogens (tertiary/aromatic N) is 3. The first-order valence-electron chi connectivity index (χ1n) is 4.93. The third kappa shape index (κ3) is 2.13. The zero-order valence-corrected chi connectivity index (χ0v) is 11.4. The molecule has 0 aliphatic carbocycles. The van der Waals surface area contributed by atoms with Gasteiger partial charge in [0.15, 0.2) is 5.57 Å². The van der Waals surface area contributed by atoms with Crippen molar-refractivity contribution < 1.29 is 4.79 Å². The summed E-state index contributed by atoms with van der Waals surface area (Å²) in [6.07, 6.45) is 0. The summed E-state index contributed by atoms with van der Waals surface area (Å²) in [5, 5.41) is 18.2. The molecular weight excluding hydrogens is 314 g/mol. The molecule has 6 heteroatoms. The van der Waals surface area contributed by atoms with E-state index < -0.39 is 4.16 Å². The Labute approximate surface area is 117 Å². The molecule has 2 rings (SSSR count). The highest BCUT2D eigenvalue weighted by Crippen LogP contribution is 2.42. The van der Waals surface area contributed by atoms with Crippen LogP contribution >= 0.6 is 27.7 Å². The number of amides is 1. The molecule has 1 atom stereocenters. The zero-order chi connectivity index (χ0) is 13.1. The van der Waals surface area contributed by atoms with Gasteiger partial charge < -0.3 is 0 Å². The van der Waals surface area contributed by atoms with Gasteiger partial charge in [-0.25, -0.2) is 0 Å². The van der Waals surface area contributed by atoms with Gasteiger partial charge in [-0.1, -0.05) is 45.9 Å². The zero-order valence-electron chi connectivity index (χ0n) is 9.00. The Bertz CT molecular complexity index is 584. The number of para-hydroxylation sites is 1. The predicted octanol–water partition coefficient (Wildman–Crippen LogP) is 2.75. The lowest BCUT2D eigenvalue weighted by Crippen LogP contribution is -2.26. The molecule has 4 nitrogen and oxygen atoms in total. The Balaban J connectivity index is 2.56. The second-order valence-electron chi connectivity index (χ2n) is 3.35. The molecule has 1 amide bonds. The maximum Gasteiger partial charge on any atom is 0.256 e. The second kappa shape index (κ2) is 5.26. The fraction of sp³-hybridized carbons (Fsp3) is 0.0833. The normalized spacial score (nSPS) is 18.4. The van der Waals surface area contributed by atoms with E-state index in [0.717, 1.165) is 11.8 Å². The number of allylic oxidation sites excluding steroid dienone is 1. The van der Waals surface area contributed by atoms with Gasteiger partial charge >= 0.3 is 0 Å². The number of thioether (sulfide) groups is 1. The maximum atomic E-state index is 12.1. The van der Waals surface area contributed by atoms with E-state index in [4.69, 9.17) is 10.5 Å². The molecule has 1 heterocycles. The number of halogens is 1. The molecule has 0 saturated carbocycles. The number of carbonyl (C=O) groups excluding carboxylic acids is 1. The van der Waals surface area contributed by atoms with E-state index in [1.54, 1.807) is 24.3 Å². The molecule has 0 N–H and O–H groups in total. The number of rotatable bonds is 1. The summed E-state index contributed by atoms with van der Waals surface area (Å²) in [4.78, 5) is 13.5. The summed E-state index contributed by atoms with van der Waals surface area (Å²) in [6.45, 7) is 0. The summed E-state index contributed by atoms with van der Waals surface area (Å²) in [6, 6.07) is 12.6. The summed E-state index contributed by atoms with van der Waals surface area (Å²) in [7, 11) is 0. The van der Waals surface area contributed by atoms with Gasteiger partial charge in [-0.2, -0.15) is 10.5 Å². The largest absolute Gasteiger partial charge is 0.272 e. The van der Waals surface area contributed by atoms with Gasteiger partial charge in [0.25, 0.3) is 5.91 Å². The third-order valence-electron chi connectivity index (χ3n) is 2.28. The van der Waals surface area contributed by atoms with Crippen LogP contribution in [0.1, 0.15) is 0 Å². The van der Waals surface area contributed by atoms with Crippen LogP contribution in [0.3, 0.4) is 0 Å². The van der Waals surface area contributed by atoms with Crippen molar-refractivity contribution in [3.05, 3.63) is 40.9 Å². The molecule has 0 spiro atoms. The first-order chi connectivity index (χ1) is 8.69. The monoisotopic (exact) mass is 319 g/mol. The number of hydrogen-bond acceptors (Lipinski definition) is 4. The van der Waals surface area contributed by atoms with Gasteiger partial charge in [0.1, 0.15) is 21.3 Å². The van der Waals surface area contributed by atoms with Gasteiger partial charge in [0.2, 0.25) is 0 Å². The summed E-state index contributed by atoms with van der Waals surface area (Å²) >= 11 is 4.39. The van der Waals surface area contributed by atoms with Gasteiger partial charge in [-0.3, -0.25) is 9.69 Å². The van der Waals surface area contributed by atoms with E-state index in [0.29, 0.717) is 10.7 Å². The van der Waals surface area contributed by atoms with Crippen LogP contribution in [0.5, 0.6) is 0 Å². The minimum atomic E-state index is -0.468. The van der Waals surface area contributed by atoms with Crippen LogP contribution in [0.25, 0.3) is 0 Å². The minimum absolute atomic E-state index is 0.0563. The first-order valence-corrected chi connectivity index (χ1v) is 6.72. The smallest absolute Gasteiger partial charge is 0.256 e. The molecule has 0 aromatic heterocycles. The Morgan fingerprint density at radius 3 is 2.44 bits per heavy atom. The van der Waals surface area contributed by atoms with Crippen molar-refractivity contribution in [1.82, 2.24) is 0 Å². The lowest BCUT2D eigenvalue weighted by molar-refractivity contribution is -0.115. The number of benzene rings is 1. The van der Waals surface area contributed by atoms with Crippen molar-refractivity contribution in [2.75, 3.05) is 4.90 Å². The molecule has 1 unspecified atom stereocenters. The Kier molecular flexibility index (Phi) is 3.71. The first kappa shape index (κ1) is 12.7. The second-order valence-corrected chi connectivity index (χ2v) is 5.96. The van der Waals surface area contributed by atoms with Crippen LogP contribution in [0.4, 0.5) is 5.69 Å². The lowest BCUT2D eigenvalue weighted by atomic mass is 10.2. The predicted molar refractivity (Wildman–Crippen MR) is 72.5 cm³/mol. The Morgan fingerprint density at radius 1 is 1.28 bits per heavy atom. The molecule has 1 saturated heterocycles. The van der Waals surface area contributed by atoms with Crippen molar-refractivity contribution in [2.45, 2.75) is 4.16 Å². The van der Waals surface area contributed by atoms with Crippen LogP contribution in [0.2, 0.25) is 0 Å². The molecular formula is C12H6BrN3OS. The van der Waals surface area contributed by atoms with Crippen molar-refractivity contribution in [3.63, 3.8) is 0 Å². The van der Waals surface area contributed by atoms with E-state index in [2.05, 4.69) is 15.9 Å². The Morgan fingerprint density at radius 2 is 1.89 bits per heavy atom. The van der Waals surface area contributed by atoms with Crippen molar-refractivity contribution in [3.8, 4) is 12.1 Å². The summed E-state index contributed by atoms with van der Waals surface area (Å²) < 4.78 is -0.468. The minimum Gasteiger partial charge on any atom is -0.272 e. The molecule has 1 aliphatic heterocycles. The molecule has 0 bridgehead atoms. The summed E-state index contributed by atoms with van der Waals surface area (Å²) in [5.74, 6) is -0.191. The van der Waals surface area contributed by atoms with Crippen LogP contribution in [-0.4, -0.2) is 10.1 Å². The summed E-state index contributed by atoms with van der Waals surface area (Å²) in [5.41, 5.74) is 0.592. The Hall–Kier alpha value is -1.76. The number of hydrogen-bond donors (Lipinski definition) is 0. The van der Waals surface area contributed by atoms with Crippen LogP contribution in [0.15, 0.2) is 40.9 Å². The highest BCUT2D eigenvalue weighted by atomic mass is 79.9. The molecule has 18 heavy (non-hydrogen) atoms. The topological polar surface area (TPSA) is 67.9 Å². The van der Waals surface area contributed by atoms with Crippen molar-refractivity contribution in [1.29, 1.82) is 10.5 Å². The van der Waals surface area contributed by atoms with Crippen LogP contribution < -0.4 is 4.90 Å². The number of anilines is 1. The highest BCUT2D eigenvalue weighted by Gasteiger charge is 2.38. The van der Waals surface area contributed by atoms with Gasteiger partial charge in [0, 0.05) is 5.69 Å². The molecule has 0 radical (unpaired) electrons. The van der Waals surface area contributed by atoms with E-state index in [1.807, 2.05) is 18.2 Å². The van der Waals surface area contributed by atoms with E-state index in [9.17, 15) is 4.79 Å².